The first-order chi connectivity index (χ1) is 9.56. The molecule has 1 aromatic carbocycles. The van der Waals surface area contributed by atoms with Gasteiger partial charge in [-0.05, 0) is 31.0 Å². The Labute approximate surface area is 122 Å². The fourth-order valence-corrected chi connectivity index (χ4v) is 2.04. The van der Waals surface area contributed by atoms with Crippen molar-refractivity contribution >= 4 is 17.6 Å². The lowest BCUT2D eigenvalue weighted by Crippen LogP contribution is -2.03. The predicted molar refractivity (Wildman–Crippen MR) is 77.0 cm³/mol. The number of ether oxygens (including phenoxy) is 1. The predicted octanol–water partition coefficient (Wildman–Crippen LogP) is 4.04. The van der Waals surface area contributed by atoms with Gasteiger partial charge in [0.15, 0.2) is 0 Å². The molecule has 0 aliphatic rings. The zero-order valence-corrected chi connectivity index (χ0v) is 12.5. The Morgan fingerprint density at radius 1 is 1.45 bits per heavy atom. The number of benzene rings is 1. The lowest BCUT2D eigenvalue weighted by atomic mass is 10.1. The Morgan fingerprint density at radius 2 is 2.20 bits per heavy atom. The molecule has 0 saturated heterocycles. The first-order valence-corrected chi connectivity index (χ1v) is 6.79. The Hall–Kier alpha value is -1.81. The molecule has 0 N–H and O–H groups in total. The zero-order chi connectivity index (χ0) is 14.7. The fraction of sp³-hybridized carbons (Fsp3) is 0.333. The molecule has 20 heavy (non-hydrogen) atoms. The number of nitrogens with zero attached hydrogens (tertiary/aromatic N) is 1. The van der Waals surface area contributed by atoms with Gasteiger partial charge in [-0.1, -0.05) is 31.0 Å². The van der Waals surface area contributed by atoms with Crippen LogP contribution in [-0.2, 0) is 11.2 Å². The number of oxazole rings is 1. The summed E-state index contributed by atoms with van der Waals surface area (Å²) in [5, 5.41) is 0.636. The Balaban J connectivity index is 2.46. The average Bonchev–Trinajstić information content (AvgIpc) is 2.85. The van der Waals surface area contributed by atoms with Gasteiger partial charge in [0.2, 0.25) is 11.7 Å². The summed E-state index contributed by atoms with van der Waals surface area (Å²) in [6.45, 7) is 3.93. The van der Waals surface area contributed by atoms with Gasteiger partial charge < -0.3 is 9.15 Å². The summed E-state index contributed by atoms with van der Waals surface area (Å²) in [4.78, 5) is 16.1. The van der Waals surface area contributed by atoms with Crippen LogP contribution in [0.15, 0.2) is 22.6 Å². The van der Waals surface area contributed by atoms with Crippen molar-refractivity contribution in [2.45, 2.75) is 26.7 Å². The second-order valence-corrected chi connectivity index (χ2v) is 4.91. The largest absolute Gasteiger partial charge is 0.463 e. The van der Waals surface area contributed by atoms with Crippen LogP contribution < -0.4 is 0 Å². The SMILES string of the molecule is CCCc1nc(-c2ccc(C)c(Cl)c2)oc1C(=O)OC. The molecular weight excluding hydrogens is 278 g/mol. The van der Waals surface area contributed by atoms with E-state index in [0.717, 1.165) is 17.5 Å². The van der Waals surface area contributed by atoms with E-state index >= 15 is 0 Å². The van der Waals surface area contributed by atoms with Gasteiger partial charge in [0.25, 0.3) is 0 Å². The van der Waals surface area contributed by atoms with E-state index in [4.69, 9.17) is 20.8 Å². The maximum Gasteiger partial charge on any atom is 0.376 e. The van der Waals surface area contributed by atoms with Crippen LogP contribution in [0.1, 0.15) is 35.2 Å². The number of aromatic nitrogens is 1. The number of rotatable bonds is 4. The second-order valence-electron chi connectivity index (χ2n) is 4.50. The van der Waals surface area contributed by atoms with Crippen molar-refractivity contribution in [1.82, 2.24) is 4.98 Å². The molecule has 0 amide bonds. The van der Waals surface area contributed by atoms with Crippen molar-refractivity contribution in [3.8, 4) is 11.5 Å². The van der Waals surface area contributed by atoms with Gasteiger partial charge in [0.1, 0.15) is 0 Å². The molecule has 2 rings (SSSR count). The minimum absolute atomic E-state index is 0.168. The van der Waals surface area contributed by atoms with E-state index in [1.165, 1.54) is 7.11 Å². The standard InChI is InChI=1S/C15H16ClNO3/c1-4-5-12-13(15(18)19-3)20-14(17-12)10-7-6-9(2)11(16)8-10/h6-8H,4-5H2,1-3H3. The van der Waals surface area contributed by atoms with Gasteiger partial charge in [0, 0.05) is 10.6 Å². The molecule has 2 aromatic rings. The molecule has 0 fully saturated rings. The lowest BCUT2D eigenvalue weighted by Gasteiger charge is -1.99. The molecule has 0 saturated carbocycles. The third kappa shape index (κ3) is 2.85. The van der Waals surface area contributed by atoms with Crippen LogP contribution in [0.2, 0.25) is 5.02 Å². The highest BCUT2D eigenvalue weighted by atomic mass is 35.5. The Bertz CT molecular complexity index is 634. The summed E-state index contributed by atoms with van der Waals surface area (Å²) in [5.74, 6) is 0.0437. The number of methoxy groups -OCH3 is 1. The van der Waals surface area contributed by atoms with Crippen LogP contribution in [0.3, 0.4) is 0 Å². The number of hydrogen-bond acceptors (Lipinski definition) is 4. The quantitative estimate of drug-likeness (QED) is 0.798. The molecule has 5 heteroatoms. The highest BCUT2D eigenvalue weighted by molar-refractivity contribution is 6.31. The van der Waals surface area contributed by atoms with Gasteiger partial charge in [-0.25, -0.2) is 9.78 Å². The van der Waals surface area contributed by atoms with Crippen molar-refractivity contribution in [1.29, 1.82) is 0 Å². The number of carbonyl (C=O) groups is 1. The van der Waals surface area contributed by atoms with Gasteiger partial charge in [-0.2, -0.15) is 0 Å². The molecule has 0 unspecified atom stereocenters. The maximum atomic E-state index is 11.7. The molecule has 0 radical (unpaired) electrons. The highest BCUT2D eigenvalue weighted by Crippen LogP contribution is 2.27. The molecular formula is C15H16ClNO3. The molecule has 106 valence electrons. The van der Waals surface area contributed by atoms with E-state index < -0.39 is 5.97 Å². The minimum atomic E-state index is -0.509. The fourth-order valence-electron chi connectivity index (χ4n) is 1.86. The molecule has 1 aromatic heterocycles. The second kappa shape index (κ2) is 6.09. The Kier molecular flexibility index (Phi) is 4.45. The summed E-state index contributed by atoms with van der Waals surface area (Å²) in [5.41, 5.74) is 2.34. The van der Waals surface area contributed by atoms with E-state index in [0.29, 0.717) is 23.0 Å². The number of esters is 1. The molecule has 0 spiro atoms. The number of halogens is 1. The van der Waals surface area contributed by atoms with Gasteiger partial charge >= 0.3 is 5.97 Å². The summed E-state index contributed by atoms with van der Waals surface area (Å²) in [6.07, 6.45) is 1.53. The monoisotopic (exact) mass is 293 g/mol. The topological polar surface area (TPSA) is 52.3 Å². The van der Waals surface area contributed by atoms with Crippen molar-refractivity contribution in [3.05, 3.63) is 40.2 Å². The van der Waals surface area contributed by atoms with Gasteiger partial charge in [0.05, 0.1) is 12.8 Å². The smallest absolute Gasteiger partial charge is 0.376 e. The number of aryl methyl sites for hydroxylation is 2. The molecule has 0 aliphatic heterocycles. The van der Waals surface area contributed by atoms with E-state index in [2.05, 4.69) is 4.98 Å². The van der Waals surface area contributed by atoms with E-state index in [1.54, 1.807) is 6.07 Å². The molecule has 1 heterocycles. The van der Waals surface area contributed by atoms with E-state index in [9.17, 15) is 4.79 Å². The van der Waals surface area contributed by atoms with Crippen LogP contribution in [0.5, 0.6) is 0 Å². The maximum absolute atomic E-state index is 11.7. The highest BCUT2D eigenvalue weighted by Gasteiger charge is 2.21. The summed E-state index contributed by atoms with van der Waals surface area (Å²) >= 11 is 6.10. The lowest BCUT2D eigenvalue weighted by molar-refractivity contribution is 0.0564. The average molecular weight is 294 g/mol. The summed E-state index contributed by atoms with van der Waals surface area (Å²) in [6, 6.07) is 5.53. The van der Waals surface area contributed by atoms with Crippen LogP contribution >= 0.6 is 11.6 Å². The van der Waals surface area contributed by atoms with Crippen LogP contribution in [0, 0.1) is 6.92 Å². The van der Waals surface area contributed by atoms with Crippen LogP contribution in [0.25, 0.3) is 11.5 Å². The number of carbonyl (C=O) groups excluding carboxylic acids is 1. The molecule has 0 atom stereocenters. The van der Waals surface area contributed by atoms with Gasteiger partial charge in [-0.3, -0.25) is 0 Å². The van der Waals surface area contributed by atoms with Crippen LogP contribution in [-0.4, -0.2) is 18.1 Å². The van der Waals surface area contributed by atoms with E-state index in [1.807, 2.05) is 26.0 Å². The van der Waals surface area contributed by atoms with E-state index in [-0.39, 0.29) is 5.76 Å². The molecule has 4 nitrogen and oxygen atoms in total. The van der Waals surface area contributed by atoms with Crippen molar-refractivity contribution in [2.75, 3.05) is 7.11 Å². The normalized spacial score (nSPS) is 10.6. The van der Waals surface area contributed by atoms with Gasteiger partial charge in [-0.15, -0.1) is 0 Å². The van der Waals surface area contributed by atoms with Crippen molar-refractivity contribution < 1.29 is 13.9 Å². The van der Waals surface area contributed by atoms with Crippen molar-refractivity contribution in [2.24, 2.45) is 0 Å². The third-order valence-electron chi connectivity index (χ3n) is 2.97. The first-order valence-electron chi connectivity index (χ1n) is 6.41. The minimum Gasteiger partial charge on any atom is -0.463 e. The summed E-state index contributed by atoms with van der Waals surface area (Å²) < 4.78 is 10.3. The zero-order valence-electron chi connectivity index (χ0n) is 11.7. The Morgan fingerprint density at radius 3 is 2.80 bits per heavy atom. The third-order valence-corrected chi connectivity index (χ3v) is 3.38. The molecule has 0 aliphatic carbocycles. The summed E-state index contributed by atoms with van der Waals surface area (Å²) in [7, 11) is 1.32. The number of hydrogen-bond donors (Lipinski definition) is 0. The van der Waals surface area contributed by atoms with Crippen LogP contribution in [0.4, 0.5) is 0 Å². The molecule has 0 bridgehead atoms. The van der Waals surface area contributed by atoms with Crippen molar-refractivity contribution in [3.63, 3.8) is 0 Å². The first kappa shape index (κ1) is 14.6.